The summed E-state index contributed by atoms with van der Waals surface area (Å²) in [6.07, 6.45) is 1.12. The molecule has 0 aliphatic rings. The molecule has 7 nitrogen and oxygen atoms in total. The fourth-order valence-corrected chi connectivity index (χ4v) is 3.41. The van der Waals surface area contributed by atoms with Crippen molar-refractivity contribution in [1.29, 1.82) is 0 Å². The number of anilines is 1. The van der Waals surface area contributed by atoms with Crippen LogP contribution < -0.4 is 16.6 Å². The Balaban J connectivity index is 1.72. The van der Waals surface area contributed by atoms with E-state index < -0.39 is 17.2 Å². The second kappa shape index (κ2) is 7.96. The molecule has 2 N–H and O–H groups in total. The molecule has 0 aliphatic carbocycles. The fraction of sp³-hybridized carbons (Fsp3) is 0.0909. The number of halogens is 1. The number of aromatic nitrogens is 3. The zero-order valence-corrected chi connectivity index (χ0v) is 16.7. The van der Waals surface area contributed by atoms with Crippen molar-refractivity contribution in [2.24, 2.45) is 0 Å². The Kier molecular flexibility index (Phi) is 5.20. The monoisotopic (exact) mass is 420 g/mol. The Morgan fingerprint density at radius 1 is 1.13 bits per heavy atom. The molecule has 0 radical (unpaired) electrons. The molecule has 2 heterocycles. The number of hydrogen-bond donors (Lipinski definition) is 2. The van der Waals surface area contributed by atoms with E-state index in [-0.39, 0.29) is 12.1 Å². The topological polar surface area (TPSA) is 96.9 Å². The van der Waals surface area contributed by atoms with Crippen molar-refractivity contribution in [3.05, 3.63) is 103 Å². The second-order valence-corrected chi connectivity index (χ2v) is 7.18. The first-order valence-electron chi connectivity index (χ1n) is 9.17. The highest BCUT2D eigenvalue weighted by atomic mass is 35.5. The quantitative estimate of drug-likeness (QED) is 0.529. The summed E-state index contributed by atoms with van der Waals surface area (Å²) in [5.74, 6) is -0.625. The number of nitrogens with one attached hydrogen (secondary N) is 2. The van der Waals surface area contributed by atoms with Crippen molar-refractivity contribution in [2.75, 3.05) is 5.32 Å². The number of para-hydroxylation sites is 1. The predicted molar refractivity (Wildman–Crippen MR) is 116 cm³/mol. The van der Waals surface area contributed by atoms with Crippen molar-refractivity contribution in [1.82, 2.24) is 14.5 Å². The number of rotatable bonds is 4. The summed E-state index contributed by atoms with van der Waals surface area (Å²) in [5.41, 5.74) is 1.08. The molecular weight excluding hydrogens is 404 g/mol. The van der Waals surface area contributed by atoms with E-state index in [1.807, 2.05) is 31.2 Å². The third kappa shape index (κ3) is 3.75. The fourth-order valence-electron chi connectivity index (χ4n) is 3.22. The summed E-state index contributed by atoms with van der Waals surface area (Å²) < 4.78 is 0.950. The first-order chi connectivity index (χ1) is 14.4. The van der Waals surface area contributed by atoms with E-state index in [9.17, 15) is 14.4 Å². The number of hydrogen-bond acceptors (Lipinski definition) is 4. The Hall–Kier alpha value is -3.71. The molecule has 2 aromatic heterocycles. The molecule has 4 rings (SSSR count). The van der Waals surface area contributed by atoms with Gasteiger partial charge in [-0.1, -0.05) is 48.0 Å². The number of carbonyl (C=O) groups is 1. The van der Waals surface area contributed by atoms with Gasteiger partial charge < -0.3 is 10.3 Å². The van der Waals surface area contributed by atoms with E-state index in [1.165, 1.54) is 0 Å². The molecule has 0 unspecified atom stereocenters. The maximum atomic E-state index is 12.9. The van der Waals surface area contributed by atoms with Crippen molar-refractivity contribution in [3.8, 4) is 0 Å². The number of amides is 1. The van der Waals surface area contributed by atoms with Gasteiger partial charge in [0.2, 0.25) is 0 Å². The standard InChI is InChI=1S/C22H17ClN4O3/c1-13-10-19(15-7-3-5-9-18(15)25-13)26-20(28)16-11-24-22(30)27(21(16)29)12-14-6-2-4-8-17(14)23/h2-11H,12H2,1H3,(H,24,30)(H,25,26,28). The minimum absolute atomic E-state index is 0.0493. The molecule has 8 heteroatoms. The van der Waals surface area contributed by atoms with Gasteiger partial charge in [0, 0.05) is 22.3 Å². The van der Waals surface area contributed by atoms with Crippen LogP contribution in [0.15, 0.2) is 70.4 Å². The smallest absolute Gasteiger partial charge is 0.321 e. The Morgan fingerprint density at radius 2 is 1.87 bits per heavy atom. The molecule has 1 amide bonds. The number of fused-ring (bicyclic) bond motifs is 1. The van der Waals surface area contributed by atoms with Gasteiger partial charge in [0.1, 0.15) is 5.56 Å². The summed E-state index contributed by atoms with van der Waals surface area (Å²) >= 11 is 6.15. The van der Waals surface area contributed by atoms with Gasteiger partial charge in [-0.15, -0.1) is 0 Å². The highest BCUT2D eigenvalue weighted by molar-refractivity contribution is 6.31. The molecule has 30 heavy (non-hydrogen) atoms. The first-order valence-corrected chi connectivity index (χ1v) is 9.55. The SMILES string of the molecule is Cc1cc(NC(=O)c2c[nH]c(=O)n(Cc3ccccc3Cl)c2=O)c2ccccc2n1. The first kappa shape index (κ1) is 19.6. The summed E-state index contributed by atoms with van der Waals surface area (Å²) in [6, 6.07) is 16.0. The minimum atomic E-state index is -0.703. The molecule has 0 aliphatic heterocycles. The Labute approximate surface area is 176 Å². The van der Waals surface area contributed by atoms with E-state index in [2.05, 4.69) is 15.3 Å². The largest absolute Gasteiger partial charge is 0.328 e. The van der Waals surface area contributed by atoms with Gasteiger partial charge in [0.25, 0.3) is 11.5 Å². The molecule has 0 atom stereocenters. The van der Waals surface area contributed by atoms with Gasteiger partial charge in [0.05, 0.1) is 17.7 Å². The van der Waals surface area contributed by atoms with Crippen LogP contribution in [-0.2, 0) is 6.54 Å². The van der Waals surface area contributed by atoms with Gasteiger partial charge in [-0.2, -0.15) is 0 Å². The van der Waals surface area contributed by atoms with Gasteiger partial charge in [-0.25, -0.2) is 4.79 Å². The summed E-state index contributed by atoms with van der Waals surface area (Å²) in [7, 11) is 0. The zero-order valence-electron chi connectivity index (χ0n) is 16.0. The van der Waals surface area contributed by atoms with Crippen LogP contribution in [0.3, 0.4) is 0 Å². The molecule has 0 spiro atoms. The van der Waals surface area contributed by atoms with Crippen LogP contribution in [-0.4, -0.2) is 20.4 Å². The molecular formula is C22H17ClN4O3. The number of carbonyl (C=O) groups excluding carboxylic acids is 1. The zero-order chi connectivity index (χ0) is 21.3. The van der Waals surface area contributed by atoms with Gasteiger partial charge in [0.15, 0.2) is 0 Å². The predicted octanol–water partition coefficient (Wildman–Crippen LogP) is 3.35. The van der Waals surface area contributed by atoms with Crippen LogP contribution in [0.2, 0.25) is 5.02 Å². The van der Waals surface area contributed by atoms with Crippen molar-refractivity contribution in [3.63, 3.8) is 0 Å². The summed E-state index contributed by atoms with van der Waals surface area (Å²) in [5, 5.41) is 3.94. The van der Waals surface area contributed by atoms with E-state index in [4.69, 9.17) is 11.6 Å². The van der Waals surface area contributed by atoms with Crippen molar-refractivity contribution >= 4 is 34.1 Å². The minimum Gasteiger partial charge on any atom is -0.321 e. The number of pyridine rings is 1. The third-order valence-electron chi connectivity index (χ3n) is 4.68. The lowest BCUT2D eigenvalue weighted by Crippen LogP contribution is -2.39. The molecule has 0 bridgehead atoms. The molecule has 0 saturated carbocycles. The lowest BCUT2D eigenvalue weighted by atomic mass is 10.1. The van der Waals surface area contributed by atoms with Gasteiger partial charge >= 0.3 is 5.69 Å². The normalized spacial score (nSPS) is 10.9. The highest BCUT2D eigenvalue weighted by Crippen LogP contribution is 2.23. The molecule has 150 valence electrons. The second-order valence-electron chi connectivity index (χ2n) is 6.77. The number of aryl methyl sites for hydroxylation is 1. The van der Waals surface area contributed by atoms with Crippen LogP contribution in [0.1, 0.15) is 21.6 Å². The summed E-state index contributed by atoms with van der Waals surface area (Å²) in [6.45, 7) is 1.77. The number of nitrogens with zero attached hydrogens (tertiary/aromatic N) is 2. The van der Waals surface area contributed by atoms with Gasteiger partial charge in [-0.05, 0) is 30.7 Å². The lowest BCUT2D eigenvalue weighted by molar-refractivity contribution is 0.102. The Bertz CT molecular complexity index is 1390. The van der Waals surface area contributed by atoms with Crippen molar-refractivity contribution in [2.45, 2.75) is 13.5 Å². The molecule has 0 fully saturated rings. The van der Waals surface area contributed by atoms with Gasteiger partial charge in [-0.3, -0.25) is 19.1 Å². The highest BCUT2D eigenvalue weighted by Gasteiger charge is 2.17. The molecule has 4 aromatic rings. The maximum absolute atomic E-state index is 12.9. The number of aromatic amines is 1. The third-order valence-corrected chi connectivity index (χ3v) is 5.05. The average Bonchev–Trinajstić information content (AvgIpc) is 2.72. The van der Waals surface area contributed by atoms with E-state index in [1.54, 1.807) is 30.3 Å². The van der Waals surface area contributed by atoms with E-state index in [0.717, 1.165) is 27.4 Å². The Morgan fingerprint density at radius 3 is 2.67 bits per heavy atom. The van der Waals surface area contributed by atoms with Crippen LogP contribution in [0.5, 0.6) is 0 Å². The average molecular weight is 421 g/mol. The lowest BCUT2D eigenvalue weighted by Gasteiger charge is -2.11. The number of H-pyrrole nitrogens is 1. The van der Waals surface area contributed by atoms with Crippen LogP contribution in [0.25, 0.3) is 10.9 Å². The van der Waals surface area contributed by atoms with Crippen LogP contribution >= 0.6 is 11.6 Å². The maximum Gasteiger partial charge on any atom is 0.328 e. The van der Waals surface area contributed by atoms with Crippen LogP contribution in [0, 0.1) is 6.92 Å². The van der Waals surface area contributed by atoms with Crippen molar-refractivity contribution < 1.29 is 4.79 Å². The summed E-state index contributed by atoms with van der Waals surface area (Å²) in [4.78, 5) is 44.9. The number of benzene rings is 2. The van der Waals surface area contributed by atoms with Crippen LogP contribution in [0.4, 0.5) is 5.69 Å². The van der Waals surface area contributed by atoms with E-state index in [0.29, 0.717) is 16.3 Å². The molecule has 0 saturated heterocycles. The molecule has 2 aromatic carbocycles. The van der Waals surface area contributed by atoms with E-state index >= 15 is 0 Å².